The molecule has 0 saturated heterocycles. The second-order valence-electron chi connectivity index (χ2n) is 4.73. The predicted molar refractivity (Wildman–Crippen MR) is 68.7 cm³/mol. The van der Waals surface area contributed by atoms with Crippen LogP contribution in [0.4, 0.5) is 0 Å². The zero-order valence-electron chi connectivity index (χ0n) is 10.8. The highest BCUT2D eigenvalue weighted by molar-refractivity contribution is 5.88. The van der Waals surface area contributed by atoms with Gasteiger partial charge in [-0.3, -0.25) is 4.79 Å². The highest BCUT2D eigenvalue weighted by Gasteiger charge is 2.16. The summed E-state index contributed by atoms with van der Waals surface area (Å²) in [5.74, 6) is 0.0889. The molecule has 19 heavy (non-hydrogen) atoms. The van der Waals surface area contributed by atoms with Crippen molar-refractivity contribution in [1.29, 1.82) is 0 Å². The first-order valence-corrected chi connectivity index (χ1v) is 6.32. The monoisotopic (exact) mass is 263 g/mol. The Kier molecular flexibility index (Phi) is 4.04. The summed E-state index contributed by atoms with van der Waals surface area (Å²) in [7, 11) is 0. The van der Waals surface area contributed by atoms with Crippen molar-refractivity contribution in [2.45, 2.75) is 32.7 Å². The Morgan fingerprint density at radius 3 is 2.89 bits per heavy atom. The van der Waals surface area contributed by atoms with Crippen molar-refractivity contribution in [3.05, 3.63) is 35.3 Å². The lowest BCUT2D eigenvalue weighted by molar-refractivity contribution is -0.121. The van der Waals surface area contributed by atoms with E-state index in [1.54, 1.807) is 6.92 Å². The number of carbonyl (C=O) groups excluding carboxylic acids is 1. The lowest BCUT2D eigenvalue weighted by Crippen LogP contribution is -2.24. The molecule has 1 amide bonds. The minimum absolute atomic E-state index is 0.0394. The maximum atomic E-state index is 11.7. The fourth-order valence-electron chi connectivity index (χ4n) is 2.20. The number of furan rings is 1. The van der Waals surface area contributed by atoms with Crippen molar-refractivity contribution < 1.29 is 19.1 Å². The molecule has 1 aromatic heterocycles. The number of carbonyl (C=O) groups is 2. The first-order chi connectivity index (χ1) is 9.06. The van der Waals surface area contributed by atoms with Crippen LogP contribution in [0.25, 0.3) is 0 Å². The third-order valence-corrected chi connectivity index (χ3v) is 3.22. The smallest absolute Gasteiger partial charge is 0.339 e. The molecule has 5 heteroatoms. The van der Waals surface area contributed by atoms with Crippen LogP contribution in [0.3, 0.4) is 0 Å². The minimum atomic E-state index is -1.02. The maximum absolute atomic E-state index is 11.7. The Balaban J connectivity index is 1.84. The number of allylic oxidation sites excluding steroid dienone is 2. The lowest BCUT2D eigenvalue weighted by atomic mass is 10.1. The normalized spacial score (nSPS) is 17.6. The van der Waals surface area contributed by atoms with E-state index in [0.29, 0.717) is 23.9 Å². The topological polar surface area (TPSA) is 79.5 Å². The lowest BCUT2D eigenvalue weighted by Gasteiger charge is -2.07. The molecule has 0 unspecified atom stereocenters. The molecule has 1 aliphatic rings. The number of carboxylic acid groups (broad SMARTS) is 1. The van der Waals surface area contributed by atoms with E-state index in [2.05, 4.69) is 17.5 Å². The molecule has 0 fully saturated rings. The van der Waals surface area contributed by atoms with Crippen LogP contribution >= 0.6 is 0 Å². The average Bonchev–Trinajstić information content (AvgIpc) is 2.96. The Labute approximate surface area is 111 Å². The van der Waals surface area contributed by atoms with Crippen molar-refractivity contribution in [1.82, 2.24) is 5.32 Å². The van der Waals surface area contributed by atoms with Gasteiger partial charge in [-0.25, -0.2) is 4.79 Å². The number of rotatable bonds is 5. The number of hydrogen-bond acceptors (Lipinski definition) is 3. The van der Waals surface area contributed by atoms with Crippen LogP contribution < -0.4 is 5.32 Å². The second kappa shape index (κ2) is 5.73. The minimum Gasteiger partial charge on any atom is -0.478 e. The summed E-state index contributed by atoms with van der Waals surface area (Å²) >= 11 is 0. The van der Waals surface area contributed by atoms with E-state index in [-0.39, 0.29) is 18.0 Å². The van der Waals surface area contributed by atoms with E-state index >= 15 is 0 Å². The van der Waals surface area contributed by atoms with E-state index in [1.165, 1.54) is 6.07 Å². The van der Waals surface area contributed by atoms with Gasteiger partial charge in [0.25, 0.3) is 0 Å². The fourth-order valence-corrected chi connectivity index (χ4v) is 2.20. The third-order valence-electron chi connectivity index (χ3n) is 3.22. The molecule has 5 nitrogen and oxygen atoms in total. The molecule has 0 aliphatic heterocycles. The standard InChI is InChI=1S/C14H17NO4/c1-9-12(14(17)18)7-11(19-9)8-15-13(16)6-10-4-2-3-5-10/h2,4,7,10H,3,5-6,8H2,1H3,(H,15,16)(H,17,18)/t10-/m1/s1. The number of aryl methyl sites for hydroxylation is 1. The van der Waals surface area contributed by atoms with Crippen molar-refractivity contribution in [3.63, 3.8) is 0 Å². The van der Waals surface area contributed by atoms with Gasteiger partial charge < -0.3 is 14.8 Å². The predicted octanol–water partition coefficient (Wildman–Crippen LogP) is 2.26. The van der Waals surface area contributed by atoms with E-state index in [0.717, 1.165) is 12.8 Å². The third kappa shape index (κ3) is 3.47. The molecule has 1 atom stereocenters. The molecule has 0 radical (unpaired) electrons. The van der Waals surface area contributed by atoms with Gasteiger partial charge in [-0.2, -0.15) is 0 Å². The second-order valence-corrected chi connectivity index (χ2v) is 4.73. The maximum Gasteiger partial charge on any atom is 0.339 e. The average molecular weight is 263 g/mol. The van der Waals surface area contributed by atoms with Gasteiger partial charge in [-0.15, -0.1) is 0 Å². The Bertz CT molecular complexity index is 516. The highest BCUT2D eigenvalue weighted by atomic mass is 16.4. The summed E-state index contributed by atoms with van der Waals surface area (Å²) < 4.78 is 5.29. The summed E-state index contributed by atoms with van der Waals surface area (Å²) in [5, 5.41) is 11.6. The van der Waals surface area contributed by atoms with Gasteiger partial charge in [-0.1, -0.05) is 12.2 Å². The van der Waals surface area contributed by atoms with Gasteiger partial charge in [0.2, 0.25) is 5.91 Å². The molecule has 2 N–H and O–H groups in total. The van der Waals surface area contributed by atoms with Gasteiger partial charge in [0, 0.05) is 6.42 Å². The van der Waals surface area contributed by atoms with Crippen molar-refractivity contribution >= 4 is 11.9 Å². The van der Waals surface area contributed by atoms with E-state index in [1.807, 2.05) is 0 Å². The molecule has 1 heterocycles. The van der Waals surface area contributed by atoms with Crippen molar-refractivity contribution in [2.75, 3.05) is 0 Å². The van der Waals surface area contributed by atoms with Crippen LogP contribution in [0.15, 0.2) is 22.6 Å². The zero-order valence-corrected chi connectivity index (χ0v) is 10.8. The SMILES string of the molecule is Cc1oc(CNC(=O)C[C@@H]2C=CCC2)cc1C(=O)O. The van der Waals surface area contributed by atoms with Gasteiger partial charge in [0.05, 0.1) is 6.54 Å². The van der Waals surface area contributed by atoms with E-state index < -0.39 is 5.97 Å². The molecule has 0 spiro atoms. The van der Waals surface area contributed by atoms with Crippen LogP contribution in [0.2, 0.25) is 0 Å². The largest absolute Gasteiger partial charge is 0.478 e. The van der Waals surface area contributed by atoms with Crippen molar-refractivity contribution in [3.8, 4) is 0 Å². The molecule has 0 aromatic carbocycles. The number of aromatic carboxylic acids is 1. The van der Waals surface area contributed by atoms with Gasteiger partial charge in [0.15, 0.2) is 0 Å². The van der Waals surface area contributed by atoms with Crippen LogP contribution in [-0.4, -0.2) is 17.0 Å². The molecule has 0 saturated carbocycles. The summed E-state index contributed by atoms with van der Waals surface area (Å²) in [4.78, 5) is 22.5. The van der Waals surface area contributed by atoms with E-state index in [4.69, 9.17) is 9.52 Å². The quantitative estimate of drug-likeness (QED) is 0.798. The first-order valence-electron chi connectivity index (χ1n) is 6.32. The Morgan fingerprint density at radius 2 is 2.32 bits per heavy atom. The number of hydrogen-bond donors (Lipinski definition) is 2. The molecular formula is C14H17NO4. The van der Waals surface area contributed by atoms with Crippen LogP contribution in [-0.2, 0) is 11.3 Å². The molecular weight excluding hydrogens is 246 g/mol. The summed E-state index contributed by atoms with van der Waals surface area (Å²) in [6.07, 6.45) is 6.70. The number of amides is 1. The Morgan fingerprint density at radius 1 is 1.53 bits per heavy atom. The zero-order chi connectivity index (χ0) is 13.8. The highest BCUT2D eigenvalue weighted by Crippen LogP contribution is 2.20. The van der Waals surface area contributed by atoms with E-state index in [9.17, 15) is 9.59 Å². The van der Waals surface area contributed by atoms with Gasteiger partial charge in [0.1, 0.15) is 17.1 Å². The molecule has 1 aromatic rings. The number of carboxylic acids is 1. The summed E-state index contributed by atoms with van der Waals surface area (Å²) in [6, 6.07) is 1.45. The summed E-state index contributed by atoms with van der Waals surface area (Å²) in [5.41, 5.74) is 0.142. The summed E-state index contributed by atoms with van der Waals surface area (Å²) in [6.45, 7) is 1.82. The first kappa shape index (κ1) is 13.4. The fraction of sp³-hybridized carbons (Fsp3) is 0.429. The molecule has 2 rings (SSSR count). The van der Waals surface area contributed by atoms with Gasteiger partial charge in [-0.05, 0) is 31.7 Å². The van der Waals surface area contributed by atoms with Gasteiger partial charge >= 0.3 is 5.97 Å². The van der Waals surface area contributed by atoms with Crippen LogP contribution in [0.5, 0.6) is 0 Å². The number of nitrogens with one attached hydrogen (secondary N) is 1. The Hall–Kier alpha value is -2.04. The van der Waals surface area contributed by atoms with Crippen LogP contribution in [0.1, 0.15) is 41.1 Å². The van der Waals surface area contributed by atoms with Crippen molar-refractivity contribution in [2.24, 2.45) is 5.92 Å². The van der Waals surface area contributed by atoms with Crippen LogP contribution in [0, 0.1) is 12.8 Å². The molecule has 102 valence electrons. The molecule has 0 bridgehead atoms. The molecule has 1 aliphatic carbocycles.